The molecule has 1 aromatic heterocycles. The van der Waals surface area contributed by atoms with Crippen molar-refractivity contribution in [2.45, 2.75) is 44.8 Å². The van der Waals surface area contributed by atoms with Crippen LogP contribution < -0.4 is 4.90 Å². The van der Waals surface area contributed by atoms with E-state index < -0.39 is 0 Å². The highest BCUT2D eigenvalue weighted by molar-refractivity contribution is 8.13. The minimum atomic E-state index is 0.152. The molecular formula is C20H29N5OS. The molecule has 2 aliphatic rings. The molecule has 0 saturated carbocycles. The highest BCUT2D eigenvalue weighted by Crippen LogP contribution is 2.33. The van der Waals surface area contributed by atoms with E-state index in [0.29, 0.717) is 31.2 Å². The highest BCUT2D eigenvalue weighted by Gasteiger charge is 2.41. The lowest BCUT2D eigenvalue weighted by Gasteiger charge is -2.42. The van der Waals surface area contributed by atoms with Gasteiger partial charge in [0.1, 0.15) is 0 Å². The van der Waals surface area contributed by atoms with Crippen molar-refractivity contribution in [1.82, 2.24) is 19.8 Å². The summed E-state index contributed by atoms with van der Waals surface area (Å²) in [5.74, 6) is 7.02. The van der Waals surface area contributed by atoms with Crippen LogP contribution in [0.1, 0.15) is 32.3 Å². The van der Waals surface area contributed by atoms with Gasteiger partial charge in [-0.3, -0.25) is 14.6 Å². The number of hydrogen-bond acceptors (Lipinski definition) is 7. The van der Waals surface area contributed by atoms with Crippen molar-refractivity contribution < 1.29 is 4.79 Å². The molecular weight excluding hydrogens is 358 g/mol. The summed E-state index contributed by atoms with van der Waals surface area (Å²) in [6.07, 6.45) is 7.88. The van der Waals surface area contributed by atoms with Crippen molar-refractivity contribution in [3.63, 3.8) is 0 Å². The van der Waals surface area contributed by atoms with E-state index in [1.165, 1.54) is 24.6 Å². The Morgan fingerprint density at radius 3 is 2.48 bits per heavy atom. The number of carbonyl (C=O) groups is 1. The van der Waals surface area contributed by atoms with Crippen LogP contribution in [0.4, 0.5) is 5.95 Å². The Morgan fingerprint density at radius 1 is 1.30 bits per heavy atom. The van der Waals surface area contributed by atoms with E-state index in [-0.39, 0.29) is 5.12 Å². The first kappa shape index (κ1) is 20.1. The molecule has 2 saturated heterocycles. The lowest BCUT2D eigenvalue weighted by Crippen LogP contribution is -2.56. The van der Waals surface area contributed by atoms with Gasteiger partial charge < -0.3 is 4.90 Å². The van der Waals surface area contributed by atoms with Gasteiger partial charge in [-0.15, -0.1) is 0 Å². The molecule has 146 valence electrons. The average molecular weight is 388 g/mol. The molecule has 1 aromatic rings. The summed E-state index contributed by atoms with van der Waals surface area (Å²) in [6.45, 7) is 7.70. The first-order chi connectivity index (χ1) is 13.0. The Morgan fingerprint density at radius 2 is 1.93 bits per heavy atom. The zero-order valence-corrected chi connectivity index (χ0v) is 17.5. The second kappa shape index (κ2) is 9.05. The van der Waals surface area contributed by atoms with Crippen LogP contribution in [-0.4, -0.2) is 82.5 Å². The summed E-state index contributed by atoms with van der Waals surface area (Å²) in [6, 6.07) is 1.63. The SMILES string of the molecule is CSC(=O)CN(C)CC#Cc1cnc(N2C3CCC2CN(C(C)C)C3)nc1. The monoisotopic (exact) mass is 387 g/mol. The van der Waals surface area contributed by atoms with Crippen molar-refractivity contribution >= 4 is 22.8 Å². The van der Waals surface area contributed by atoms with Gasteiger partial charge >= 0.3 is 0 Å². The van der Waals surface area contributed by atoms with Crippen LogP contribution in [0.3, 0.4) is 0 Å². The average Bonchev–Trinajstić information content (AvgIpc) is 2.91. The number of likely N-dealkylation sites (tertiary alicyclic amines) is 1. The van der Waals surface area contributed by atoms with Crippen molar-refractivity contribution in [3.8, 4) is 11.8 Å². The largest absolute Gasteiger partial charge is 0.332 e. The molecule has 3 heterocycles. The molecule has 7 heteroatoms. The number of likely N-dealkylation sites (N-methyl/N-ethyl adjacent to an activating group) is 1. The standard InChI is InChI=1S/C20H29N5OS/c1-15(2)24-12-17-7-8-18(13-24)25(17)20-21-10-16(11-22-20)6-5-9-23(3)14-19(26)27-4/h10-11,15,17-18H,7-9,12-14H2,1-4H3. The van der Waals surface area contributed by atoms with Crippen LogP contribution in [0.25, 0.3) is 0 Å². The van der Waals surface area contributed by atoms with Gasteiger partial charge in [0.15, 0.2) is 0 Å². The van der Waals surface area contributed by atoms with Gasteiger partial charge in [-0.1, -0.05) is 23.6 Å². The molecule has 2 bridgehead atoms. The van der Waals surface area contributed by atoms with E-state index in [1.807, 2.05) is 24.3 Å². The van der Waals surface area contributed by atoms with Gasteiger partial charge in [-0.2, -0.15) is 0 Å². The first-order valence-electron chi connectivity index (χ1n) is 9.56. The van der Waals surface area contributed by atoms with Crippen molar-refractivity contribution in [2.24, 2.45) is 0 Å². The number of fused-ring (bicyclic) bond motifs is 2. The molecule has 0 spiro atoms. The molecule has 2 fully saturated rings. The molecule has 6 nitrogen and oxygen atoms in total. The number of aromatic nitrogens is 2. The fourth-order valence-electron chi connectivity index (χ4n) is 3.82. The minimum absolute atomic E-state index is 0.152. The lowest BCUT2D eigenvalue weighted by atomic mass is 10.1. The predicted octanol–water partition coefficient (Wildman–Crippen LogP) is 1.71. The van der Waals surface area contributed by atoms with Crippen molar-refractivity contribution in [3.05, 3.63) is 18.0 Å². The number of anilines is 1. The summed E-state index contributed by atoms with van der Waals surface area (Å²) < 4.78 is 0. The Kier molecular flexibility index (Phi) is 6.74. The summed E-state index contributed by atoms with van der Waals surface area (Å²) >= 11 is 1.25. The molecule has 0 aromatic carbocycles. The molecule has 2 aliphatic heterocycles. The minimum Gasteiger partial charge on any atom is -0.332 e. The third kappa shape index (κ3) is 5.01. The normalized spacial score (nSPS) is 22.2. The Labute approximate surface area is 166 Å². The molecule has 27 heavy (non-hydrogen) atoms. The zero-order valence-electron chi connectivity index (χ0n) is 16.7. The summed E-state index contributed by atoms with van der Waals surface area (Å²) in [7, 11) is 1.90. The van der Waals surface area contributed by atoms with Crippen molar-refractivity contribution in [1.29, 1.82) is 0 Å². The fraction of sp³-hybridized carbons (Fsp3) is 0.650. The third-order valence-electron chi connectivity index (χ3n) is 5.32. The number of nitrogens with zero attached hydrogens (tertiary/aromatic N) is 5. The van der Waals surface area contributed by atoms with Gasteiger partial charge in [0.05, 0.1) is 18.7 Å². The van der Waals surface area contributed by atoms with Crippen LogP contribution in [0.15, 0.2) is 12.4 Å². The predicted molar refractivity (Wildman–Crippen MR) is 111 cm³/mol. The number of hydrogen-bond donors (Lipinski definition) is 0. The van der Waals surface area contributed by atoms with Crippen LogP contribution in [-0.2, 0) is 4.79 Å². The number of piperazine rings is 1. The van der Waals surface area contributed by atoms with E-state index >= 15 is 0 Å². The third-order valence-corrected chi connectivity index (χ3v) is 5.90. The molecule has 0 radical (unpaired) electrons. The van der Waals surface area contributed by atoms with E-state index in [2.05, 4.69) is 45.5 Å². The smallest absolute Gasteiger partial charge is 0.225 e. The van der Waals surface area contributed by atoms with Gasteiger partial charge in [-0.25, -0.2) is 9.97 Å². The van der Waals surface area contributed by atoms with Crippen molar-refractivity contribution in [2.75, 3.05) is 44.4 Å². The molecule has 0 N–H and O–H groups in total. The summed E-state index contributed by atoms with van der Waals surface area (Å²) in [5.41, 5.74) is 0.816. The van der Waals surface area contributed by atoms with Crippen LogP contribution >= 0.6 is 11.8 Å². The van der Waals surface area contributed by atoms with E-state index in [9.17, 15) is 4.79 Å². The first-order valence-corrected chi connectivity index (χ1v) is 10.8. The summed E-state index contributed by atoms with van der Waals surface area (Å²) in [4.78, 5) is 27.5. The molecule has 2 atom stereocenters. The lowest BCUT2D eigenvalue weighted by molar-refractivity contribution is -0.111. The van der Waals surface area contributed by atoms with Crippen LogP contribution in [0, 0.1) is 11.8 Å². The quantitative estimate of drug-likeness (QED) is 0.713. The summed E-state index contributed by atoms with van der Waals surface area (Å²) in [5, 5.41) is 0.152. The Balaban J connectivity index is 1.59. The second-order valence-electron chi connectivity index (χ2n) is 7.66. The second-order valence-corrected chi connectivity index (χ2v) is 8.53. The maximum atomic E-state index is 11.4. The maximum absolute atomic E-state index is 11.4. The molecule has 3 rings (SSSR count). The molecule has 2 unspecified atom stereocenters. The van der Waals surface area contributed by atoms with E-state index in [4.69, 9.17) is 0 Å². The van der Waals surface area contributed by atoms with Gasteiger partial charge in [-0.05, 0) is 40.0 Å². The van der Waals surface area contributed by atoms with E-state index in [1.54, 1.807) is 6.26 Å². The Hall–Kier alpha value is -1.62. The van der Waals surface area contributed by atoms with Gasteiger partial charge in [0, 0.05) is 43.6 Å². The molecule has 0 aliphatic carbocycles. The zero-order chi connectivity index (χ0) is 19.4. The number of carbonyl (C=O) groups excluding carboxylic acids is 1. The number of thioether (sulfide) groups is 1. The van der Waals surface area contributed by atoms with E-state index in [0.717, 1.165) is 24.6 Å². The molecule has 0 amide bonds. The van der Waals surface area contributed by atoms with Gasteiger partial charge in [0.25, 0.3) is 0 Å². The Bertz CT molecular complexity index is 697. The van der Waals surface area contributed by atoms with Gasteiger partial charge in [0.2, 0.25) is 11.1 Å². The topological polar surface area (TPSA) is 52.6 Å². The maximum Gasteiger partial charge on any atom is 0.225 e. The van der Waals surface area contributed by atoms with Crippen LogP contribution in [0.5, 0.6) is 0 Å². The number of rotatable bonds is 5. The van der Waals surface area contributed by atoms with Crippen LogP contribution in [0.2, 0.25) is 0 Å². The fourth-order valence-corrected chi connectivity index (χ4v) is 4.17. The highest BCUT2D eigenvalue weighted by atomic mass is 32.2.